The summed E-state index contributed by atoms with van der Waals surface area (Å²) in [4.78, 5) is 27.2. The van der Waals surface area contributed by atoms with Crippen LogP contribution in [0.2, 0.25) is 0 Å². The number of amides is 1. The molecule has 1 N–H and O–H groups in total. The van der Waals surface area contributed by atoms with Crippen LogP contribution in [0.4, 0.5) is 5.95 Å². The summed E-state index contributed by atoms with van der Waals surface area (Å²) in [6, 6.07) is 14.5. The lowest BCUT2D eigenvalue weighted by Crippen LogP contribution is -2.52. The average molecular weight is 624 g/mol. The highest BCUT2D eigenvalue weighted by molar-refractivity contribution is 7.92. The Balaban J connectivity index is 0.00000329. The van der Waals surface area contributed by atoms with E-state index in [1.807, 2.05) is 32.0 Å². The summed E-state index contributed by atoms with van der Waals surface area (Å²) in [6.45, 7) is 6.38. The largest absolute Gasteiger partial charge is 0.471 e. The number of nitrogens with one attached hydrogen (secondary N) is 1. The zero-order valence-electron chi connectivity index (χ0n) is 24.6. The molecule has 0 unspecified atom stereocenters. The first-order chi connectivity index (χ1) is 20.2. The fraction of sp³-hybridized carbons (Fsp3) is 0.469. The highest BCUT2D eigenvalue weighted by Crippen LogP contribution is 2.54. The van der Waals surface area contributed by atoms with E-state index in [-0.39, 0.29) is 41.1 Å². The van der Waals surface area contributed by atoms with Gasteiger partial charge in [-0.15, -0.1) is 12.4 Å². The highest BCUT2D eigenvalue weighted by atomic mass is 35.5. The van der Waals surface area contributed by atoms with Crippen LogP contribution in [0.1, 0.15) is 60.0 Å². The van der Waals surface area contributed by atoms with Crippen molar-refractivity contribution in [2.45, 2.75) is 69.4 Å². The Morgan fingerprint density at radius 3 is 2.42 bits per heavy atom. The molecule has 1 amide bonds. The lowest BCUT2D eigenvalue weighted by atomic mass is 9.64. The number of fused-ring (bicyclic) bond motifs is 6. The van der Waals surface area contributed by atoms with Crippen molar-refractivity contribution in [3.8, 4) is 17.1 Å². The first-order valence-electron chi connectivity index (χ1n) is 15.0. The van der Waals surface area contributed by atoms with Crippen molar-refractivity contribution in [1.82, 2.24) is 19.8 Å². The summed E-state index contributed by atoms with van der Waals surface area (Å²) in [5, 5.41) is 0. The van der Waals surface area contributed by atoms with Crippen molar-refractivity contribution in [1.29, 1.82) is 0 Å². The number of aryl methyl sites for hydroxylation is 2. The second kappa shape index (κ2) is 11.4. The number of nitrogens with zero attached hydrogens (tertiary/aromatic N) is 4. The molecule has 4 aliphatic rings. The molecule has 2 aliphatic heterocycles. The molecule has 9 nitrogen and oxygen atoms in total. The fourth-order valence-electron chi connectivity index (χ4n) is 7.53. The van der Waals surface area contributed by atoms with E-state index in [0.29, 0.717) is 42.3 Å². The predicted molar refractivity (Wildman–Crippen MR) is 167 cm³/mol. The van der Waals surface area contributed by atoms with Gasteiger partial charge in [0.1, 0.15) is 6.10 Å². The molecule has 1 saturated heterocycles. The Bertz CT molecular complexity index is 1630. The van der Waals surface area contributed by atoms with Crippen LogP contribution in [-0.2, 0) is 10.0 Å². The van der Waals surface area contributed by atoms with Gasteiger partial charge in [0.25, 0.3) is 15.9 Å². The second-order valence-corrected chi connectivity index (χ2v) is 14.3. The predicted octanol–water partition coefficient (Wildman–Crippen LogP) is 5.22. The van der Waals surface area contributed by atoms with Gasteiger partial charge in [-0.25, -0.2) is 18.1 Å². The number of ether oxygens (including phenoxy) is 1. The molecule has 228 valence electrons. The van der Waals surface area contributed by atoms with Crippen molar-refractivity contribution in [2.24, 2.45) is 5.41 Å². The summed E-state index contributed by atoms with van der Waals surface area (Å²) >= 11 is 0. The molecule has 2 aromatic carbocycles. The smallest absolute Gasteiger partial charge is 0.264 e. The van der Waals surface area contributed by atoms with Gasteiger partial charge in [-0.1, -0.05) is 37.1 Å². The van der Waals surface area contributed by atoms with Crippen LogP contribution in [-0.4, -0.2) is 72.4 Å². The third-order valence-corrected chi connectivity index (χ3v) is 11.0. The lowest BCUT2D eigenvalue weighted by molar-refractivity contribution is -0.00568. The highest BCUT2D eigenvalue weighted by Gasteiger charge is 2.48. The summed E-state index contributed by atoms with van der Waals surface area (Å²) in [5.41, 5.74) is 4.37. The lowest BCUT2D eigenvalue weighted by Gasteiger charge is -2.50. The Morgan fingerprint density at radius 1 is 0.953 bits per heavy atom. The Morgan fingerprint density at radius 2 is 1.67 bits per heavy atom. The molecule has 3 heterocycles. The Kier molecular flexibility index (Phi) is 7.89. The second-order valence-electron chi connectivity index (χ2n) is 12.6. The average Bonchev–Trinajstić information content (AvgIpc) is 3.34. The normalized spacial score (nSPS) is 23.0. The van der Waals surface area contributed by atoms with Gasteiger partial charge in [0.05, 0.1) is 17.1 Å². The number of carbonyl (C=O) groups excluding carboxylic acids is 1. The first-order valence-corrected chi connectivity index (χ1v) is 16.4. The first kappa shape index (κ1) is 29.8. The Hall–Kier alpha value is -3.21. The van der Waals surface area contributed by atoms with E-state index in [1.165, 1.54) is 50.7 Å². The van der Waals surface area contributed by atoms with E-state index < -0.39 is 10.0 Å². The molecule has 3 fully saturated rings. The zero-order valence-corrected chi connectivity index (χ0v) is 26.2. The van der Waals surface area contributed by atoms with E-state index in [2.05, 4.69) is 19.6 Å². The van der Waals surface area contributed by atoms with Crippen LogP contribution in [0.25, 0.3) is 11.3 Å². The summed E-state index contributed by atoms with van der Waals surface area (Å²) in [6.07, 6.45) is 7.42. The summed E-state index contributed by atoms with van der Waals surface area (Å²) in [7, 11) is -4.07. The van der Waals surface area contributed by atoms with E-state index in [9.17, 15) is 13.2 Å². The zero-order chi connectivity index (χ0) is 29.1. The molecule has 43 heavy (non-hydrogen) atoms. The quantitative estimate of drug-likeness (QED) is 0.417. The van der Waals surface area contributed by atoms with Crippen LogP contribution in [0, 0.1) is 19.3 Å². The Labute approximate surface area is 259 Å². The maximum absolute atomic E-state index is 13.8. The van der Waals surface area contributed by atoms with Gasteiger partial charge in [-0.3, -0.25) is 9.69 Å². The van der Waals surface area contributed by atoms with Gasteiger partial charge < -0.3 is 9.64 Å². The van der Waals surface area contributed by atoms with Crippen molar-refractivity contribution >= 4 is 34.3 Å². The maximum atomic E-state index is 13.8. The number of hydrogen-bond acceptors (Lipinski definition) is 7. The number of benzene rings is 2. The van der Waals surface area contributed by atoms with Crippen molar-refractivity contribution < 1.29 is 17.9 Å². The van der Waals surface area contributed by atoms with Crippen molar-refractivity contribution in [3.05, 3.63) is 65.2 Å². The molecule has 3 aromatic rings. The molecule has 6 bridgehead atoms. The number of carbonyl (C=O) groups is 1. The van der Waals surface area contributed by atoms with Gasteiger partial charge in [-0.05, 0) is 74.3 Å². The molecule has 7 rings (SSSR count). The molecular weight excluding hydrogens is 586 g/mol. The van der Waals surface area contributed by atoms with Gasteiger partial charge in [0, 0.05) is 42.9 Å². The number of hydrogen-bond donors (Lipinski definition) is 1. The van der Waals surface area contributed by atoms with Crippen LogP contribution in [0.3, 0.4) is 0 Å². The minimum atomic E-state index is -4.07. The molecule has 2 saturated carbocycles. The molecule has 1 aromatic heterocycles. The molecule has 1 spiro atoms. The molecular formula is C32H38ClN5O4S. The summed E-state index contributed by atoms with van der Waals surface area (Å²) in [5.74, 6) is 0.0219. The molecule has 0 radical (unpaired) electrons. The van der Waals surface area contributed by atoms with E-state index in [1.54, 1.807) is 23.1 Å². The van der Waals surface area contributed by atoms with E-state index >= 15 is 0 Å². The number of halogens is 1. The SMILES string of the molecule is Cc1cccc(C)c1-c1cc2nc(n1)NS(=O)(=O)c1cccc(c1)C(=O)N1CCN(C3CC4(CCCC4)C3)C[C@H](C1)O2.Cl. The van der Waals surface area contributed by atoms with Crippen molar-refractivity contribution in [3.63, 3.8) is 0 Å². The maximum Gasteiger partial charge on any atom is 0.264 e. The topological polar surface area (TPSA) is 105 Å². The fourth-order valence-corrected chi connectivity index (χ4v) is 8.51. The van der Waals surface area contributed by atoms with Crippen LogP contribution >= 0.6 is 12.4 Å². The molecule has 2 aliphatic carbocycles. The van der Waals surface area contributed by atoms with E-state index in [0.717, 1.165) is 23.2 Å². The van der Waals surface area contributed by atoms with Crippen LogP contribution in [0.5, 0.6) is 5.88 Å². The van der Waals surface area contributed by atoms with Crippen LogP contribution < -0.4 is 9.46 Å². The van der Waals surface area contributed by atoms with Crippen LogP contribution in [0.15, 0.2) is 53.4 Å². The number of aromatic nitrogens is 2. The molecule has 1 atom stereocenters. The minimum absolute atomic E-state index is 0. The number of anilines is 1. The standard InChI is InChI=1S/C32H37N5O4S.ClH/c1-21-7-5-8-22(2)29(21)27-16-28-34-31(33-27)35-42(39,40)26-10-6-9-23(15-26)30(38)37-14-13-36(19-25(20-37)41-28)24-17-32(18-24)11-3-4-12-32;/h5-10,15-16,24-25H,3-4,11-14,17-20H2,1-2H3,(H,33,34,35);1H/t25-;/m1./s1. The monoisotopic (exact) mass is 623 g/mol. The van der Waals surface area contributed by atoms with Gasteiger partial charge in [-0.2, -0.15) is 4.98 Å². The van der Waals surface area contributed by atoms with Gasteiger partial charge >= 0.3 is 0 Å². The number of sulfonamides is 1. The van der Waals surface area contributed by atoms with Crippen molar-refractivity contribution in [2.75, 3.05) is 30.9 Å². The van der Waals surface area contributed by atoms with E-state index in [4.69, 9.17) is 4.74 Å². The minimum Gasteiger partial charge on any atom is -0.471 e. The molecule has 11 heteroatoms. The van der Waals surface area contributed by atoms with Gasteiger partial charge in [0.15, 0.2) is 0 Å². The third kappa shape index (κ3) is 5.72. The number of rotatable bonds is 2. The third-order valence-electron chi connectivity index (χ3n) is 9.67. The summed E-state index contributed by atoms with van der Waals surface area (Å²) < 4.78 is 36.0. The van der Waals surface area contributed by atoms with Gasteiger partial charge in [0.2, 0.25) is 11.8 Å².